The lowest BCUT2D eigenvalue weighted by atomic mass is 10.1. The number of hydrogen-bond donors (Lipinski definition) is 0. The number of carbonyl (C=O) groups excluding carboxylic acids is 2. The van der Waals surface area contributed by atoms with Crippen LogP contribution in [0.25, 0.3) is 0 Å². The van der Waals surface area contributed by atoms with Gasteiger partial charge in [0.05, 0.1) is 0 Å². The largest absolute Gasteiger partial charge is 0.278 e. The molecule has 0 aromatic heterocycles. The second-order valence-corrected chi connectivity index (χ2v) is 5.58. The van der Waals surface area contributed by atoms with Crippen LogP contribution in [-0.2, 0) is 9.59 Å². The number of para-hydroxylation sites is 2. The molecule has 0 heterocycles. The highest BCUT2D eigenvalue weighted by Gasteiger charge is 2.32. The van der Waals surface area contributed by atoms with Gasteiger partial charge in [0.15, 0.2) is 23.3 Å². The van der Waals surface area contributed by atoms with Crippen LogP contribution < -0.4 is 9.80 Å². The Hall–Kier alpha value is -3.68. The van der Waals surface area contributed by atoms with Crippen molar-refractivity contribution >= 4 is 35.6 Å². The minimum Gasteiger partial charge on any atom is -0.278 e. The molecule has 0 spiro atoms. The molecule has 0 N–H and O–H groups in total. The van der Waals surface area contributed by atoms with E-state index < -0.39 is 34.6 Å². The topological polar surface area (TPSA) is 40.6 Å². The maximum Gasteiger partial charge on any atom is 0.218 e. The van der Waals surface area contributed by atoms with E-state index in [0.29, 0.717) is 9.80 Å². The van der Waals surface area contributed by atoms with E-state index in [1.807, 2.05) is 0 Å². The van der Waals surface area contributed by atoms with Gasteiger partial charge in [0.2, 0.25) is 12.8 Å². The highest BCUT2D eigenvalue weighted by Crippen LogP contribution is 2.39. The molecule has 3 rings (SSSR count). The van der Waals surface area contributed by atoms with Crippen molar-refractivity contribution in [1.29, 1.82) is 0 Å². The molecule has 0 saturated heterocycles. The fourth-order valence-corrected chi connectivity index (χ4v) is 2.69. The van der Waals surface area contributed by atoms with Gasteiger partial charge >= 0.3 is 0 Å². The summed E-state index contributed by atoms with van der Waals surface area (Å²) in [6.45, 7) is 0. The lowest BCUT2D eigenvalue weighted by Crippen LogP contribution is -2.23. The summed E-state index contributed by atoms with van der Waals surface area (Å²) in [7, 11) is 0. The smallest absolute Gasteiger partial charge is 0.218 e. The van der Waals surface area contributed by atoms with Gasteiger partial charge in [-0.3, -0.25) is 19.4 Å². The molecule has 28 heavy (non-hydrogen) atoms. The van der Waals surface area contributed by atoms with E-state index in [-0.39, 0.29) is 24.2 Å². The first-order valence-corrected chi connectivity index (χ1v) is 7.96. The Bertz CT molecular complexity index is 902. The quantitative estimate of drug-likeness (QED) is 0.345. The number of benzene rings is 3. The Morgan fingerprint density at radius 1 is 0.536 bits per heavy atom. The first kappa shape index (κ1) is 19.1. The molecule has 0 aliphatic rings. The van der Waals surface area contributed by atoms with Crippen LogP contribution >= 0.6 is 0 Å². The number of carbonyl (C=O) groups is 2. The Balaban J connectivity index is 2.22. The summed E-state index contributed by atoms with van der Waals surface area (Å²) >= 11 is 0. The van der Waals surface area contributed by atoms with Crippen LogP contribution in [0, 0.1) is 23.3 Å². The van der Waals surface area contributed by atoms with E-state index in [4.69, 9.17) is 0 Å². The second-order valence-electron chi connectivity index (χ2n) is 5.58. The fraction of sp³-hybridized carbons (Fsp3) is 0. The van der Waals surface area contributed by atoms with E-state index in [0.717, 1.165) is 0 Å². The molecule has 0 fully saturated rings. The molecular formula is C20H12F4N2O2. The molecule has 0 aliphatic heterocycles. The maximum absolute atomic E-state index is 14.7. The Kier molecular flexibility index (Phi) is 5.39. The molecule has 3 aromatic carbocycles. The summed E-state index contributed by atoms with van der Waals surface area (Å²) in [5.41, 5.74) is -2.45. The Morgan fingerprint density at radius 3 is 1.07 bits per heavy atom. The van der Waals surface area contributed by atoms with Crippen molar-refractivity contribution < 1.29 is 27.2 Å². The van der Waals surface area contributed by atoms with E-state index in [1.165, 1.54) is 48.5 Å². The van der Waals surface area contributed by atoms with Crippen LogP contribution in [0.4, 0.5) is 40.3 Å². The highest BCUT2D eigenvalue weighted by molar-refractivity contribution is 5.90. The normalized spacial score (nSPS) is 10.4. The Labute approximate surface area is 157 Å². The maximum atomic E-state index is 14.7. The molecule has 4 nitrogen and oxygen atoms in total. The Morgan fingerprint density at radius 2 is 0.821 bits per heavy atom. The SMILES string of the molecule is O=CN(c1ccccc1)c1c(F)c(F)c(N(C=O)c2ccccc2)c(F)c1F. The molecule has 0 saturated carbocycles. The predicted molar refractivity (Wildman–Crippen MR) is 95.6 cm³/mol. The molecule has 2 amide bonds. The molecule has 0 aliphatic carbocycles. The van der Waals surface area contributed by atoms with Crippen LogP contribution in [0.15, 0.2) is 60.7 Å². The minimum atomic E-state index is -1.81. The number of anilines is 4. The molecule has 0 atom stereocenters. The van der Waals surface area contributed by atoms with Gasteiger partial charge in [-0.25, -0.2) is 17.6 Å². The van der Waals surface area contributed by atoms with Gasteiger partial charge in [-0.2, -0.15) is 0 Å². The van der Waals surface area contributed by atoms with Gasteiger partial charge in [0, 0.05) is 11.4 Å². The second kappa shape index (κ2) is 7.91. The molecule has 0 bridgehead atoms. The average molecular weight is 388 g/mol. The predicted octanol–water partition coefficient (Wildman–Crippen LogP) is 4.83. The summed E-state index contributed by atoms with van der Waals surface area (Å²) in [6, 6.07) is 14.4. The number of halogens is 4. The number of hydrogen-bond acceptors (Lipinski definition) is 2. The molecule has 0 radical (unpaired) electrons. The number of rotatable bonds is 6. The lowest BCUT2D eigenvalue weighted by molar-refractivity contribution is -0.107. The van der Waals surface area contributed by atoms with Crippen LogP contribution in [-0.4, -0.2) is 12.8 Å². The van der Waals surface area contributed by atoms with Gasteiger partial charge < -0.3 is 0 Å². The van der Waals surface area contributed by atoms with E-state index in [2.05, 4.69) is 0 Å². The molecule has 3 aromatic rings. The van der Waals surface area contributed by atoms with Gasteiger partial charge in [-0.15, -0.1) is 0 Å². The van der Waals surface area contributed by atoms with Crippen LogP contribution in [0.5, 0.6) is 0 Å². The number of nitrogens with zero attached hydrogens (tertiary/aromatic N) is 2. The van der Waals surface area contributed by atoms with Crippen LogP contribution in [0.2, 0.25) is 0 Å². The van der Waals surface area contributed by atoms with Crippen molar-refractivity contribution in [3.05, 3.63) is 83.9 Å². The lowest BCUT2D eigenvalue weighted by Gasteiger charge is -2.24. The third-order valence-corrected chi connectivity index (χ3v) is 3.98. The van der Waals surface area contributed by atoms with Crippen molar-refractivity contribution in [2.24, 2.45) is 0 Å². The first-order chi connectivity index (χ1) is 13.5. The van der Waals surface area contributed by atoms with Gasteiger partial charge in [0.25, 0.3) is 0 Å². The molecule has 0 unspecified atom stereocenters. The number of amides is 2. The standard InChI is InChI=1S/C20H12F4N2O2/c21-15-17(23)20(26(12-28)14-9-5-2-6-10-14)18(24)16(22)19(15)25(11-27)13-7-3-1-4-8-13/h1-12H. The summed E-state index contributed by atoms with van der Waals surface area (Å²) in [5.74, 6) is -7.25. The summed E-state index contributed by atoms with van der Waals surface area (Å²) in [6.07, 6.45) is 0.0636. The van der Waals surface area contributed by atoms with Crippen molar-refractivity contribution in [3.63, 3.8) is 0 Å². The van der Waals surface area contributed by atoms with Crippen LogP contribution in [0.3, 0.4) is 0 Å². The summed E-state index contributed by atoms with van der Waals surface area (Å²) in [4.78, 5) is 23.7. The first-order valence-electron chi connectivity index (χ1n) is 7.96. The zero-order valence-corrected chi connectivity index (χ0v) is 14.2. The fourth-order valence-electron chi connectivity index (χ4n) is 2.69. The van der Waals surface area contributed by atoms with Crippen molar-refractivity contribution in [3.8, 4) is 0 Å². The zero-order valence-electron chi connectivity index (χ0n) is 14.2. The third kappa shape index (κ3) is 3.20. The molecule has 142 valence electrons. The summed E-state index contributed by atoms with van der Waals surface area (Å²) < 4.78 is 58.9. The monoisotopic (exact) mass is 388 g/mol. The average Bonchev–Trinajstić information content (AvgIpc) is 2.74. The summed E-state index contributed by atoms with van der Waals surface area (Å²) in [5, 5.41) is 0. The minimum absolute atomic E-state index is 0.00264. The highest BCUT2D eigenvalue weighted by atomic mass is 19.2. The van der Waals surface area contributed by atoms with E-state index in [9.17, 15) is 27.2 Å². The third-order valence-electron chi connectivity index (χ3n) is 3.98. The van der Waals surface area contributed by atoms with E-state index >= 15 is 0 Å². The van der Waals surface area contributed by atoms with Crippen molar-refractivity contribution in [2.45, 2.75) is 0 Å². The van der Waals surface area contributed by atoms with Gasteiger partial charge in [0.1, 0.15) is 11.4 Å². The zero-order chi connectivity index (χ0) is 20.3. The van der Waals surface area contributed by atoms with Crippen molar-refractivity contribution in [2.75, 3.05) is 9.80 Å². The van der Waals surface area contributed by atoms with Crippen LogP contribution in [0.1, 0.15) is 0 Å². The molecular weight excluding hydrogens is 376 g/mol. The van der Waals surface area contributed by atoms with Gasteiger partial charge in [-0.05, 0) is 24.3 Å². The molecule has 8 heteroatoms. The van der Waals surface area contributed by atoms with Gasteiger partial charge in [-0.1, -0.05) is 36.4 Å². The van der Waals surface area contributed by atoms with Crippen molar-refractivity contribution in [1.82, 2.24) is 0 Å². The van der Waals surface area contributed by atoms with E-state index in [1.54, 1.807) is 12.1 Å².